The molecule has 2 aliphatic rings. The Bertz CT molecular complexity index is 394. The highest BCUT2D eigenvalue weighted by Crippen LogP contribution is 2.34. The van der Waals surface area contributed by atoms with Gasteiger partial charge in [-0.1, -0.05) is 12.1 Å². The average Bonchev–Trinajstić information content (AvgIpc) is 3.22. The van der Waals surface area contributed by atoms with Gasteiger partial charge in [0.15, 0.2) is 0 Å². The van der Waals surface area contributed by atoms with Crippen LogP contribution in [0.3, 0.4) is 0 Å². The number of rotatable bonds is 7. The van der Waals surface area contributed by atoms with Crippen molar-refractivity contribution in [3.63, 3.8) is 0 Å². The van der Waals surface area contributed by atoms with Crippen molar-refractivity contribution >= 4 is 5.69 Å². The number of benzene rings is 1. The molecular formula is C16H24N2. The predicted molar refractivity (Wildman–Crippen MR) is 76.5 cm³/mol. The molecule has 0 aliphatic heterocycles. The van der Waals surface area contributed by atoms with Crippen molar-refractivity contribution in [2.24, 2.45) is 5.92 Å². The molecule has 1 aromatic carbocycles. The monoisotopic (exact) mass is 244 g/mol. The quantitative estimate of drug-likeness (QED) is 0.747. The maximum absolute atomic E-state index is 5.81. The third-order valence-corrected chi connectivity index (χ3v) is 4.11. The zero-order chi connectivity index (χ0) is 12.4. The third-order valence-electron chi connectivity index (χ3n) is 4.11. The van der Waals surface area contributed by atoms with Crippen molar-refractivity contribution in [3.8, 4) is 0 Å². The maximum atomic E-state index is 5.81. The van der Waals surface area contributed by atoms with E-state index in [1.54, 1.807) is 0 Å². The first-order valence-electron chi connectivity index (χ1n) is 7.40. The number of nitrogens with zero attached hydrogens (tertiary/aromatic N) is 1. The lowest BCUT2D eigenvalue weighted by Crippen LogP contribution is -2.29. The Labute approximate surface area is 110 Å². The molecular weight excluding hydrogens is 220 g/mol. The maximum Gasteiger partial charge on any atom is 0.0316 e. The van der Waals surface area contributed by atoms with E-state index >= 15 is 0 Å². The van der Waals surface area contributed by atoms with Gasteiger partial charge in [0, 0.05) is 18.3 Å². The molecule has 1 aromatic rings. The van der Waals surface area contributed by atoms with Gasteiger partial charge in [0.05, 0.1) is 0 Å². The van der Waals surface area contributed by atoms with Crippen LogP contribution in [0.4, 0.5) is 5.69 Å². The molecule has 0 bridgehead atoms. The summed E-state index contributed by atoms with van der Waals surface area (Å²) < 4.78 is 0. The molecule has 0 atom stereocenters. The predicted octanol–water partition coefficient (Wildman–Crippen LogP) is 3.08. The highest BCUT2D eigenvalue weighted by molar-refractivity contribution is 5.40. The van der Waals surface area contributed by atoms with E-state index < -0.39 is 0 Å². The summed E-state index contributed by atoms with van der Waals surface area (Å²) in [6.07, 6.45) is 8.25. The molecule has 2 nitrogen and oxygen atoms in total. The molecule has 0 amide bonds. The van der Waals surface area contributed by atoms with E-state index in [9.17, 15) is 0 Å². The van der Waals surface area contributed by atoms with E-state index in [4.69, 9.17) is 5.73 Å². The summed E-state index contributed by atoms with van der Waals surface area (Å²) in [6.45, 7) is 2.64. The zero-order valence-electron chi connectivity index (χ0n) is 11.1. The Morgan fingerprint density at radius 3 is 2.67 bits per heavy atom. The number of anilines is 1. The molecule has 2 heteroatoms. The number of nitrogen functional groups attached to an aromatic ring is 1. The molecule has 0 aromatic heterocycles. The fraction of sp³-hybridized carbons (Fsp3) is 0.625. The van der Waals surface area contributed by atoms with Crippen LogP contribution in [-0.2, 0) is 6.42 Å². The van der Waals surface area contributed by atoms with Gasteiger partial charge in [0.2, 0.25) is 0 Å². The molecule has 0 unspecified atom stereocenters. The smallest absolute Gasteiger partial charge is 0.0316 e. The van der Waals surface area contributed by atoms with E-state index in [0.29, 0.717) is 0 Å². The topological polar surface area (TPSA) is 29.3 Å². The third kappa shape index (κ3) is 3.49. The van der Waals surface area contributed by atoms with Gasteiger partial charge in [-0.2, -0.15) is 0 Å². The van der Waals surface area contributed by atoms with Crippen LogP contribution in [0, 0.1) is 5.92 Å². The number of aryl methyl sites for hydroxylation is 1. The lowest BCUT2D eigenvalue weighted by molar-refractivity contribution is 0.250. The van der Waals surface area contributed by atoms with Crippen LogP contribution in [0.2, 0.25) is 0 Å². The van der Waals surface area contributed by atoms with Gasteiger partial charge in [0.1, 0.15) is 0 Å². The Hall–Kier alpha value is -1.02. The van der Waals surface area contributed by atoms with Gasteiger partial charge in [-0.05, 0) is 68.7 Å². The summed E-state index contributed by atoms with van der Waals surface area (Å²) >= 11 is 0. The van der Waals surface area contributed by atoms with Crippen LogP contribution in [0.25, 0.3) is 0 Å². The summed E-state index contributed by atoms with van der Waals surface area (Å²) in [6, 6.07) is 9.26. The molecule has 2 aliphatic carbocycles. The minimum Gasteiger partial charge on any atom is -0.399 e. The molecule has 2 fully saturated rings. The fourth-order valence-corrected chi connectivity index (χ4v) is 2.73. The van der Waals surface area contributed by atoms with Gasteiger partial charge >= 0.3 is 0 Å². The second kappa shape index (κ2) is 5.31. The van der Waals surface area contributed by atoms with Crippen LogP contribution >= 0.6 is 0 Å². The highest BCUT2D eigenvalue weighted by atomic mass is 15.2. The summed E-state index contributed by atoms with van der Waals surface area (Å²) in [5.74, 6) is 1.03. The van der Waals surface area contributed by atoms with Crippen molar-refractivity contribution in [2.45, 2.75) is 44.6 Å². The molecule has 2 saturated carbocycles. The Balaban J connectivity index is 1.44. The molecule has 0 spiro atoms. The Morgan fingerprint density at radius 1 is 1.17 bits per heavy atom. The summed E-state index contributed by atoms with van der Waals surface area (Å²) in [4.78, 5) is 2.74. The average molecular weight is 244 g/mol. The second-order valence-electron chi connectivity index (χ2n) is 6.02. The van der Waals surface area contributed by atoms with Crippen molar-refractivity contribution in [3.05, 3.63) is 29.8 Å². The largest absolute Gasteiger partial charge is 0.399 e. The summed E-state index contributed by atoms with van der Waals surface area (Å²) in [5.41, 5.74) is 8.09. The summed E-state index contributed by atoms with van der Waals surface area (Å²) in [7, 11) is 0. The Kier molecular flexibility index (Phi) is 3.55. The second-order valence-corrected chi connectivity index (χ2v) is 6.02. The lowest BCUT2D eigenvalue weighted by atomic mass is 10.1. The van der Waals surface area contributed by atoms with Crippen LogP contribution < -0.4 is 5.73 Å². The van der Waals surface area contributed by atoms with Crippen LogP contribution in [0.1, 0.15) is 37.7 Å². The van der Waals surface area contributed by atoms with Gasteiger partial charge < -0.3 is 10.6 Å². The Morgan fingerprint density at radius 2 is 2.00 bits per heavy atom. The summed E-state index contributed by atoms with van der Waals surface area (Å²) in [5, 5.41) is 0. The standard InChI is InChI=1S/C16H24N2/c17-15-5-1-3-13(11-15)4-2-10-18(16-8-9-16)12-14-6-7-14/h1,3,5,11,14,16H,2,4,6-10,12,17H2. The normalized spacial score (nSPS) is 19.4. The first-order chi connectivity index (χ1) is 8.81. The van der Waals surface area contributed by atoms with Gasteiger partial charge in [0.25, 0.3) is 0 Å². The SMILES string of the molecule is Nc1cccc(CCCN(CC2CC2)C2CC2)c1. The van der Waals surface area contributed by atoms with Crippen molar-refractivity contribution in [1.82, 2.24) is 4.90 Å². The van der Waals surface area contributed by atoms with E-state index in [1.807, 2.05) is 6.07 Å². The van der Waals surface area contributed by atoms with Gasteiger partial charge in [-0.3, -0.25) is 0 Å². The van der Waals surface area contributed by atoms with Crippen molar-refractivity contribution < 1.29 is 0 Å². The lowest BCUT2D eigenvalue weighted by Gasteiger charge is -2.21. The molecule has 0 saturated heterocycles. The van der Waals surface area contributed by atoms with Gasteiger partial charge in [-0.25, -0.2) is 0 Å². The molecule has 0 heterocycles. The fourth-order valence-electron chi connectivity index (χ4n) is 2.73. The van der Waals surface area contributed by atoms with Gasteiger partial charge in [-0.15, -0.1) is 0 Å². The van der Waals surface area contributed by atoms with E-state index in [0.717, 1.165) is 17.6 Å². The number of hydrogen-bond acceptors (Lipinski definition) is 2. The minimum absolute atomic E-state index is 0.893. The first kappa shape index (κ1) is 12.0. The number of nitrogens with two attached hydrogens (primary N) is 1. The molecule has 18 heavy (non-hydrogen) atoms. The van der Waals surface area contributed by atoms with Crippen LogP contribution in [-0.4, -0.2) is 24.0 Å². The highest BCUT2D eigenvalue weighted by Gasteiger charge is 2.32. The van der Waals surface area contributed by atoms with Crippen molar-refractivity contribution in [2.75, 3.05) is 18.8 Å². The van der Waals surface area contributed by atoms with Crippen LogP contribution in [0.15, 0.2) is 24.3 Å². The zero-order valence-corrected chi connectivity index (χ0v) is 11.1. The molecule has 0 radical (unpaired) electrons. The van der Waals surface area contributed by atoms with E-state index in [-0.39, 0.29) is 0 Å². The molecule has 98 valence electrons. The number of hydrogen-bond donors (Lipinski definition) is 1. The molecule has 3 rings (SSSR count). The first-order valence-corrected chi connectivity index (χ1v) is 7.40. The van der Waals surface area contributed by atoms with Crippen molar-refractivity contribution in [1.29, 1.82) is 0 Å². The van der Waals surface area contributed by atoms with E-state index in [1.165, 1.54) is 57.2 Å². The van der Waals surface area contributed by atoms with Crippen LogP contribution in [0.5, 0.6) is 0 Å². The molecule has 2 N–H and O–H groups in total. The minimum atomic E-state index is 0.893. The van der Waals surface area contributed by atoms with E-state index in [2.05, 4.69) is 23.1 Å².